The lowest BCUT2D eigenvalue weighted by atomic mass is 10.3. The minimum absolute atomic E-state index is 0.122. The van der Waals surface area contributed by atoms with Gasteiger partial charge in [-0.3, -0.25) is 0 Å². The molecule has 0 atom stereocenters. The van der Waals surface area contributed by atoms with Crippen molar-refractivity contribution >= 4 is 15.7 Å². The first kappa shape index (κ1) is 15.5. The van der Waals surface area contributed by atoms with Crippen LogP contribution in [0, 0.1) is 0 Å². The van der Waals surface area contributed by atoms with Gasteiger partial charge in [-0.1, -0.05) is 0 Å². The maximum Gasteiger partial charge on any atom is 0.240 e. The molecule has 2 N–H and O–H groups in total. The second-order valence-electron chi connectivity index (χ2n) is 5.03. The molecule has 0 bridgehead atoms. The molecule has 0 saturated heterocycles. The van der Waals surface area contributed by atoms with Gasteiger partial charge in [-0.15, -0.1) is 0 Å². The third kappa shape index (κ3) is 4.57. The summed E-state index contributed by atoms with van der Waals surface area (Å²) in [5, 5.41) is 3.24. The molecule has 0 spiro atoms. The van der Waals surface area contributed by atoms with Crippen molar-refractivity contribution in [3.05, 3.63) is 43.0 Å². The third-order valence-corrected chi connectivity index (χ3v) is 4.49. The fourth-order valence-corrected chi connectivity index (χ4v) is 3.13. The molecule has 1 aromatic heterocycles. The van der Waals surface area contributed by atoms with Gasteiger partial charge in [0.2, 0.25) is 10.0 Å². The van der Waals surface area contributed by atoms with Crippen LogP contribution >= 0.6 is 0 Å². The van der Waals surface area contributed by atoms with Crippen LogP contribution in [-0.4, -0.2) is 30.6 Å². The van der Waals surface area contributed by atoms with Gasteiger partial charge >= 0.3 is 0 Å². The Hall–Kier alpha value is -1.86. The molecule has 0 amide bonds. The molecular formula is C14H20N4O2S. The van der Waals surface area contributed by atoms with E-state index in [0.717, 1.165) is 18.8 Å². The van der Waals surface area contributed by atoms with Crippen LogP contribution in [0.1, 0.15) is 13.8 Å². The van der Waals surface area contributed by atoms with Gasteiger partial charge in [-0.25, -0.2) is 18.1 Å². The zero-order valence-electron chi connectivity index (χ0n) is 12.2. The molecule has 1 aromatic carbocycles. The fraction of sp³-hybridized carbons (Fsp3) is 0.357. The molecular weight excluding hydrogens is 288 g/mol. The molecule has 114 valence electrons. The topological polar surface area (TPSA) is 76.0 Å². The van der Waals surface area contributed by atoms with Crippen LogP contribution in [0.5, 0.6) is 0 Å². The molecule has 0 aliphatic heterocycles. The highest BCUT2D eigenvalue weighted by Crippen LogP contribution is 2.14. The molecule has 0 aliphatic carbocycles. The molecule has 0 unspecified atom stereocenters. The van der Waals surface area contributed by atoms with Gasteiger partial charge < -0.3 is 9.88 Å². The Bertz CT molecular complexity index is 649. The van der Waals surface area contributed by atoms with Crippen molar-refractivity contribution in [3.8, 4) is 0 Å². The second kappa shape index (κ2) is 6.73. The predicted octanol–water partition coefficient (Wildman–Crippen LogP) is 1.68. The summed E-state index contributed by atoms with van der Waals surface area (Å²) in [6, 6.07) is 6.61. The number of hydrogen-bond acceptors (Lipinski definition) is 4. The lowest BCUT2D eigenvalue weighted by Crippen LogP contribution is -2.30. The average molecular weight is 308 g/mol. The third-order valence-electron chi connectivity index (χ3n) is 2.81. The number of benzene rings is 1. The van der Waals surface area contributed by atoms with Gasteiger partial charge in [0.15, 0.2) is 0 Å². The van der Waals surface area contributed by atoms with Gasteiger partial charge in [-0.05, 0) is 38.1 Å². The minimum Gasteiger partial charge on any atom is -0.383 e. The van der Waals surface area contributed by atoms with Crippen LogP contribution in [-0.2, 0) is 16.6 Å². The minimum atomic E-state index is -3.42. The Morgan fingerprint density at radius 1 is 1.24 bits per heavy atom. The van der Waals surface area contributed by atoms with Crippen LogP contribution in [0.3, 0.4) is 0 Å². The summed E-state index contributed by atoms with van der Waals surface area (Å²) in [7, 11) is -3.42. The lowest BCUT2D eigenvalue weighted by Gasteiger charge is -2.11. The van der Waals surface area contributed by atoms with Gasteiger partial charge in [0.05, 0.1) is 11.2 Å². The van der Waals surface area contributed by atoms with Crippen molar-refractivity contribution in [3.63, 3.8) is 0 Å². The van der Waals surface area contributed by atoms with E-state index in [-0.39, 0.29) is 10.9 Å². The molecule has 0 radical (unpaired) electrons. The number of anilines is 1. The smallest absolute Gasteiger partial charge is 0.240 e. The van der Waals surface area contributed by atoms with E-state index < -0.39 is 10.0 Å². The Kier molecular flexibility index (Phi) is 4.98. The van der Waals surface area contributed by atoms with E-state index in [0.29, 0.717) is 0 Å². The van der Waals surface area contributed by atoms with Gasteiger partial charge in [0, 0.05) is 37.2 Å². The predicted molar refractivity (Wildman–Crippen MR) is 82.6 cm³/mol. The number of rotatable bonds is 7. The molecule has 2 aromatic rings. The van der Waals surface area contributed by atoms with E-state index in [1.165, 1.54) is 0 Å². The van der Waals surface area contributed by atoms with Crippen molar-refractivity contribution in [2.24, 2.45) is 0 Å². The number of aromatic nitrogens is 2. The van der Waals surface area contributed by atoms with Crippen LogP contribution in [0.25, 0.3) is 0 Å². The van der Waals surface area contributed by atoms with Crippen molar-refractivity contribution in [1.82, 2.24) is 14.3 Å². The highest BCUT2D eigenvalue weighted by atomic mass is 32.2. The lowest BCUT2D eigenvalue weighted by molar-refractivity contribution is 0.570. The summed E-state index contributed by atoms with van der Waals surface area (Å²) in [6.07, 6.45) is 5.39. The highest BCUT2D eigenvalue weighted by Gasteiger charge is 2.14. The Morgan fingerprint density at radius 2 is 1.95 bits per heavy atom. The standard InChI is InChI=1S/C14H20N4O2S/c1-12(2)17-21(19,20)14-5-3-13(4-6-14)16-8-10-18-9-7-15-11-18/h3-7,9,11-12,16-17H,8,10H2,1-2H3. The van der Waals surface area contributed by atoms with E-state index in [2.05, 4.69) is 15.0 Å². The average Bonchev–Trinajstić information content (AvgIpc) is 2.91. The zero-order chi connectivity index (χ0) is 15.3. The Morgan fingerprint density at radius 3 is 2.52 bits per heavy atom. The quantitative estimate of drug-likeness (QED) is 0.816. The summed E-state index contributed by atoms with van der Waals surface area (Å²) in [4.78, 5) is 4.25. The van der Waals surface area contributed by atoms with Crippen LogP contribution in [0.15, 0.2) is 47.9 Å². The van der Waals surface area contributed by atoms with E-state index >= 15 is 0 Å². The monoisotopic (exact) mass is 308 g/mol. The van der Waals surface area contributed by atoms with Crippen molar-refractivity contribution in [2.45, 2.75) is 31.3 Å². The van der Waals surface area contributed by atoms with Crippen LogP contribution in [0.2, 0.25) is 0 Å². The largest absolute Gasteiger partial charge is 0.383 e. The maximum atomic E-state index is 12.0. The molecule has 1 heterocycles. The first-order chi connectivity index (χ1) is 9.97. The van der Waals surface area contributed by atoms with Crippen molar-refractivity contribution in [1.29, 1.82) is 0 Å². The number of hydrogen-bond donors (Lipinski definition) is 2. The SMILES string of the molecule is CC(C)NS(=O)(=O)c1ccc(NCCn2ccnc2)cc1. The second-order valence-corrected chi connectivity index (χ2v) is 6.74. The number of nitrogens with one attached hydrogen (secondary N) is 2. The van der Waals surface area contributed by atoms with Crippen molar-refractivity contribution < 1.29 is 8.42 Å². The van der Waals surface area contributed by atoms with E-state index in [4.69, 9.17) is 0 Å². The number of sulfonamides is 1. The molecule has 21 heavy (non-hydrogen) atoms. The summed E-state index contributed by atoms with van der Waals surface area (Å²) in [5.74, 6) is 0. The van der Waals surface area contributed by atoms with Crippen LogP contribution in [0.4, 0.5) is 5.69 Å². The fourth-order valence-electron chi connectivity index (χ4n) is 1.88. The van der Waals surface area contributed by atoms with Crippen LogP contribution < -0.4 is 10.0 Å². The first-order valence-corrected chi connectivity index (χ1v) is 8.28. The maximum absolute atomic E-state index is 12.0. The molecule has 6 nitrogen and oxygen atoms in total. The molecule has 0 saturated carbocycles. The van der Waals surface area contributed by atoms with E-state index in [1.54, 1.807) is 50.6 Å². The Balaban J connectivity index is 1.92. The molecule has 0 aliphatic rings. The van der Waals surface area contributed by atoms with E-state index in [9.17, 15) is 8.42 Å². The normalized spacial score (nSPS) is 11.8. The van der Waals surface area contributed by atoms with Crippen molar-refractivity contribution in [2.75, 3.05) is 11.9 Å². The zero-order valence-corrected chi connectivity index (χ0v) is 13.0. The number of nitrogens with zero attached hydrogens (tertiary/aromatic N) is 2. The van der Waals surface area contributed by atoms with Gasteiger partial charge in [-0.2, -0.15) is 0 Å². The summed E-state index contributed by atoms with van der Waals surface area (Å²) in [6.45, 7) is 5.13. The summed E-state index contributed by atoms with van der Waals surface area (Å²) in [5.41, 5.74) is 0.888. The van der Waals surface area contributed by atoms with E-state index in [1.807, 2.05) is 10.8 Å². The Labute approximate surface area is 125 Å². The molecule has 0 fully saturated rings. The molecule has 2 rings (SSSR count). The van der Waals surface area contributed by atoms with Gasteiger partial charge in [0.25, 0.3) is 0 Å². The molecule has 7 heteroatoms. The van der Waals surface area contributed by atoms with Gasteiger partial charge in [0.1, 0.15) is 0 Å². The summed E-state index contributed by atoms with van der Waals surface area (Å²) < 4.78 is 28.5. The number of imidazole rings is 1. The highest BCUT2D eigenvalue weighted by molar-refractivity contribution is 7.89. The first-order valence-electron chi connectivity index (χ1n) is 6.79. The summed E-state index contributed by atoms with van der Waals surface area (Å²) >= 11 is 0.